The van der Waals surface area contributed by atoms with Crippen LogP contribution < -0.4 is 9.88 Å². The van der Waals surface area contributed by atoms with Gasteiger partial charge in [-0.2, -0.15) is 8.78 Å². The molecule has 5 nitrogen and oxygen atoms in total. The number of pyridine rings is 1. The fourth-order valence-corrected chi connectivity index (χ4v) is 7.32. The van der Waals surface area contributed by atoms with Gasteiger partial charge in [0.2, 0.25) is 0 Å². The second-order valence-corrected chi connectivity index (χ2v) is 12.4. The maximum Gasteiger partial charge on any atom is 2.00 e. The maximum atomic E-state index is 15.8. The number of anilines is 3. The standard InChI is InChI=1S/C43H25F2N5.Pt/c44-43(45)34-20-5-7-23-37(34)50(42-35(43)21-11-25-46-42)29-15-8-12-27(26-29)30-17-10-24-38-40(30)48-41(49(38)28-13-2-1-3-14-28)33-19-9-18-32-31-16-4-6-22-36(31)47-39(32)33;/h1-25H;/q-2;+2. The van der Waals surface area contributed by atoms with E-state index in [2.05, 4.69) is 58.1 Å². The zero-order valence-corrected chi connectivity index (χ0v) is 29.0. The number of benzene rings is 6. The van der Waals surface area contributed by atoms with E-state index in [0.717, 1.165) is 61.0 Å². The van der Waals surface area contributed by atoms with Crippen LogP contribution >= 0.6 is 0 Å². The topological polar surface area (TPSA) is 48.1 Å². The molecule has 3 aromatic heterocycles. The maximum absolute atomic E-state index is 15.8. The number of nitrogens with zero attached hydrogens (tertiary/aromatic N) is 5. The average molecular weight is 845 g/mol. The second kappa shape index (κ2) is 11.9. The van der Waals surface area contributed by atoms with Crippen LogP contribution in [0.1, 0.15) is 11.1 Å². The van der Waals surface area contributed by atoms with Gasteiger partial charge in [-0.1, -0.05) is 96.6 Å². The summed E-state index contributed by atoms with van der Waals surface area (Å²) in [4.78, 5) is 16.7. The zero-order chi connectivity index (χ0) is 33.4. The van der Waals surface area contributed by atoms with E-state index in [4.69, 9.17) is 9.97 Å². The van der Waals surface area contributed by atoms with Crippen molar-refractivity contribution in [2.45, 2.75) is 5.92 Å². The molecule has 0 bridgehead atoms. The van der Waals surface area contributed by atoms with Crippen LogP contribution in [0.15, 0.2) is 152 Å². The van der Waals surface area contributed by atoms with Gasteiger partial charge < -0.3 is 9.88 Å². The first kappa shape index (κ1) is 31.1. The second-order valence-electron chi connectivity index (χ2n) is 12.4. The van der Waals surface area contributed by atoms with Crippen LogP contribution in [0, 0.1) is 6.07 Å². The summed E-state index contributed by atoms with van der Waals surface area (Å²) >= 11 is 0. The Labute approximate surface area is 306 Å². The SMILES string of the molecule is FC1(F)c2ccccc2N(c2[c-]c(-c3cccc4c3nc(-c3cccc5c3[n-]c3ccccc35)n4-c3ccccc3)ccc2)c2ncccc21.[Pt+2]. The molecule has 4 heterocycles. The molecular weight excluding hydrogens is 820 g/mol. The molecule has 0 spiro atoms. The Bertz CT molecular complexity index is 2720. The van der Waals surface area contributed by atoms with E-state index in [9.17, 15) is 0 Å². The smallest absolute Gasteiger partial charge is 0.656 e. The fraction of sp³-hybridized carbons (Fsp3) is 0.0233. The van der Waals surface area contributed by atoms with Crippen LogP contribution in [-0.4, -0.2) is 14.5 Å². The third-order valence-electron chi connectivity index (χ3n) is 9.53. The molecule has 0 aliphatic carbocycles. The minimum absolute atomic E-state index is 0. The van der Waals surface area contributed by atoms with Gasteiger partial charge in [-0.15, -0.1) is 40.9 Å². The van der Waals surface area contributed by atoms with Crippen LogP contribution in [0.5, 0.6) is 0 Å². The van der Waals surface area contributed by atoms with Crippen LogP contribution in [0.25, 0.3) is 61.0 Å². The molecule has 0 unspecified atom stereocenters. The molecule has 6 aromatic carbocycles. The molecule has 1 aliphatic rings. The summed E-state index contributed by atoms with van der Waals surface area (Å²) in [6, 6.07) is 49.7. The van der Waals surface area contributed by atoms with E-state index in [-0.39, 0.29) is 38.0 Å². The molecule has 10 rings (SSSR count). The van der Waals surface area contributed by atoms with Crippen LogP contribution in [-0.2, 0) is 27.0 Å². The van der Waals surface area contributed by atoms with Gasteiger partial charge in [0.25, 0.3) is 0 Å². The first-order valence-corrected chi connectivity index (χ1v) is 16.3. The Morgan fingerprint density at radius 3 is 2.27 bits per heavy atom. The summed E-state index contributed by atoms with van der Waals surface area (Å²) < 4.78 is 33.7. The van der Waals surface area contributed by atoms with Gasteiger partial charge in [-0.05, 0) is 52.9 Å². The first-order valence-electron chi connectivity index (χ1n) is 16.3. The fourth-order valence-electron chi connectivity index (χ4n) is 7.32. The third-order valence-corrected chi connectivity index (χ3v) is 9.53. The number of rotatable bonds is 4. The summed E-state index contributed by atoms with van der Waals surface area (Å²) in [7, 11) is 0. The van der Waals surface area contributed by atoms with Gasteiger partial charge in [0, 0.05) is 23.0 Å². The van der Waals surface area contributed by atoms with Crippen molar-refractivity contribution in [1.29, 1.82) is 0 Å². The van der Waals surface area contributed by atoms with Gasteiger partial charge in [0.15, 0.2) is 0 Å². The summed E-state index contributed by atoms with van der Waals surface area (Å²) in [6.45, 7) is 0. The number of aromatic nitrogens is 4. The minimum Gasteiger partial charge on any atom is -0.656 e. The van der Waals surface area contributed by atoms with Crippen molar-refractivity contribution >= 4 is 50.0 Å². The molecule has 0 fully saturated rings. The minimum atomic E-state index is -3.19. The molecule has 0 atom stereocenters. The molecule has 0 amide bonds. The zero-order valence-electron chi connectivity index (χ0n) is 26.7. The molecule has 0 saturated heterocycles. The number of halogens is 2. The normalized spacial score (nSPS) is 13.3. The monoisotopic (exact) mass is 844 g/mol. The van der Waals surface area contributed by atoms with Crippen molar-refractivity contribution in [1.82, 2.24) is 19.5 Å². The summed E-state index contributed by atoms with van der Waals surface area (Å²) in [6.07, 6.45) is 1.54. The first-order chi connectivity index (χ1) is 24.6. The number of hydrogen-bond donors (Lipinski definition) is 0. The Balaban J connectivity index is 0.00000348. The Morgan fingerprint density at radius 1 is 0.647 bits per heavy atom. The predicted octanol–water partition coefficient (Wildman–Crippen LogP) is 10.7. The van der Waals surface area contributed by atoms with E-state index < -0.39 is 5.92 Å². The Morgan fingerprint density at radius 2 is 1.37 bits per heavy atom. The molecule has 9 aromatic rings. The van der Waals surface area contributed by atoms with Crippen LogP contribution in [0.4, 0.5) is 26.0 Å². The van der Waals surface area contributed by atoms with Gasteiger partial charge >= 0.3 is 27.0 Å². The van der Waals surface area contributed by atoms with E-state index in [1.807, 2.05) is 66.7 Å². The summed E-state index contributed by atoms with van der Waals surface area (Å²) in [5, 5.41) is 2.18. The van der Waals surface area contributed by atoms with E-state index in [1.165, 1.54) is 12.1 Å². The van der Waals surface area contributed by atoms with E-state index in [0.29, 0.717) is 11.4 Å². The number of fused-ring (bicyclic) bond motifs is 6. The Kier molecular flexibility index (Phi) is 7.23. The summed E-state index contributed by atoms with van der Waals surface area (Å²) in [5.41, 5.74) is 7.84. The van der Waals surface area contributed by atoms with E-state index in [1.54, 1.807) is 35.4 Å². The molecule has 1 aliphatic heterocycles. The van der Waals surface area contributed by atoms with Crippen molar-refractivity contribution < 1.29 is 29.8 Å². The number of hydrogen-bond acceptors (Lipinski definition) is 3. The number of alkyl halides is 2. The quantitative estimate of drug-likeness (QED) is 0.166. The van der Waals surface area contributed by atoms with Gasteiger partial charge in [-0.25, -0.2) is 9.97 Å². The molecular formula is C43H25F2N5Pt. The van der Waals surface area contributed by atoms with E-state index >= 15 is 8.78 Å². The van der Waals surface area contributed by atoms with Gasteiger partial charge in [0.05, 0.1) is 22.3 Å². The Hall–Kier alpha value is -5.91. The van der Waals surface area contributed by atoms with Crippen molar-refractivity contribution in [3.8, 4) is 28.2 Å². The largest absolute Gasteiger partial charge is 2.00 e. The molecule has 0 radical (unpaired) electrons. The van der Waals surface area contributed by atoms with Crippen molar-refractivity contribution in [2.24, 2.45) is 0 Å². The van der Waals surface area contributed by atoms with Crippen LogP contribution in [0.2, 0.25) is 0 Å². The average Bonchev–Trinajstić information content (AvgIpc) is 3.75. The molecule has 246 valence electrons. The predicted molar refractivity (Wildman–Crippen MR) is 195 cm³/mol. The van der Waals surface area contributed by atoms with Crippen molar-refractivity contribution in [3.63, 3.8) is 0 Å². The molecule has 8 heteroatoms. The van der Waals surface area contributed by atoms with Crippen molar-refractivity contribution in [2.75, 3.05) is 4.90 Å². The third kappa shape index (κ3) is 4.69. The molecule has 0 N–H and O–H groups in total. The number of imidazole rings is 1. The summed E-state index contributed by atoms with van der Waals surface area (Å²) in [5.74, 6) is -2.24. The molecule has 51 heavy (non-hydrogen) atoms. The molecule has 0 saturated carbocycles. The van der Waals surface area contributed by atoms with Gasteiger partial charge in [-0.3, -0.25) is 4.57 Å². The van der Waals surface area contributed by atoms with Crippen LogP contribution in [0.3, 0.4) is 0 Å². The van der Waals surface area contributed by atoms with Crippen molar-refractivity contribution in [3.05, 3.63) is 169 Å². The van der Waals surface area contributed by atoms with Gasteiger partial charge in [0.1, 0.15) is 11.6 Å². The number of para-hydroxylation sites is 5.